The molecule has 1 N–H and O–H groups in total. The maximum absolute atomic E-state index is 13.1. The van der Waals surface area contributed by atoms with Gasteiger partial charge in [-0.05, 0) is 35.2 Å². The molecule has 0 aliphatic carbocycles. The summed E-state index contributed by atoms with van der Waals surface area (Å²) in [6.45, 7) is 0.161. The largest absolute Gasteiger partial charge is 0.493 e. The predicted octanol–water partition coefficient (Wildman–Crippen LogP) is 4.42. The fourth-order valence-electron chi connectivity index (χ4n) is 4.82. The summed E-state index contributed by atoms with van der Waals surface area (Å²) < 4.78 is 25.3. The third-order valence-corrected chi connectivity index (χ3v) is 6.82. The molecule has 0 saturated carbocycles. The molecule has 5 rings (SSSR count). The van der Waals surface area contributed by atoms with Crippen molar-refractivity contribution in [1.29, 1.82) is 0 Å². The van der Waals surface area contributed by atoms with Crippen molar-refractivity contribution in [3.63, 3.8) is 0 Å². The molecule has 1 atom stereocenters. The molecule has 41 heavy (non-hydrogen) atoms. The lowest BCUT2D eigenvalue weighted by Gasteiger charge is -2.39. The average Bonchev–Trinajstić information content (AvgIpc) is 3.38. The number of fused-ring (bicyclic) bond motifs is 1. The number of benzene rings is 3. The number of aliphatic carboxylic acids is 1. The Morgan fingerprint density at radius 1 is 0.927 bits per heavy atom. The smallest absolute Gasteiger partial charge is 0.348 e. The number of aromatic nitrogens is 4. The predicted molar refractivity (Wildman–Crippen MR) is 151 cm³/mol. The Hall–Kier alpha value is -4.96. The summed E-state index contributed by atoms with van der Waals surface area (Å²) in [7, 11) is 4.94. The lowest BCUT2D eigenvalue weighted by Crippen LogP contribution is -2.51. The van der Waals surface area contributed by atoms with E-state index in [1.807, 2.05) is 78.9 Å². The number of imidazole rings is 1. The normalized spacial score (nSPS) is 12.2. The summed E-state index contributed by atoms with van der Waals surface area (Å²) in [5, 5.41) is 10.7. The highest BCUT2D eigenvalue weighted by molar-refractivity contribution is 5.76. The van der Waals surface area contributed by atoms with E-state index in [2.05, 4.69) is 15.0 Å². The first-order valence-corrected chi connectivity index (χ1v) is 13.0. The van der Waals surface area contributed by atoms with Crippen LogP contribution in [0, 0.1) is 0 Å². The highest BCUT2D eigenvalue weighted by Crippen LogP contribution is 2.39. The summed E-state index contributed by atoms with van der Waals surface area (Å²) in [5.74, 6) is -0.0285. The number of methoxy groups -OCH3 is 2. The minimum atomic E-state index is -1.56. The van der Waals surface area contributed by atoms with Crippen molar-refractivity contribution in [3.05, 3.63) is 108 Å². The lowest BCUT2D eigenvalue weighted by atomic mass is 9.81. The van der Waals surface area contributed by atoms with Crippen molar-refractivity contribution < 1.29 is 28.8 Å². The number of aryl methyl sites for hydroxylation is 1. The van der Waals surface area contributed by atoms with E-state index in [1.165, 1.54) is 6.20 Å². The second-order valence-corrected chi connectivity index (χ2v) is 9.31. The molecule has 0 radical (unpaired) electrons. The van der Waals surface area contributed by atoms with Crippen LogP contribution in [0.5, 0.6) is 17.5 Å². The van der Waals surface area contributed by atoms with Crippen LogP contribution in [0.25, 0.3) is 11.2 Å². The molecule has 2 heterocycles. The Morgan fingerprint density at radius 2 is 1.59 bits per heavy atom. The fourth-order valence-corrected chi connectivity index (χ4v) is 4.82. The van der Waals surface area contributed by atoms with Crippen molar-refractivity contribution in [1.82, 2.24) is 19.5 Å². The molecular weight excluding hydrogens is 524 g/mol. The molecule has 0 amide bonds. The van der Waals surface area contributed by atoms with Gasteiger partial charge in [0.1, 0.15) is 5.52 Å². The second kappa shape index (κ2) is 12.1. The molecule has 0 bridgehead atoms. The van der Waals surface area contributed by atoms with Gasteiger partial charge in [0, 0.05) is 7.05 Å². The van der Waals surface area contributed by atoms with Crippen LogP contribution in [0.15, 0.2) is 91.4 Å². The molecule has 3 aromatic carbocycles. The van der Waals surface area contributed by atoms with Crippen molar-refractivity contribution in [2.45, 2.75) is 18.1 Å². The zero-order chi connectivity index (χ0) is 28.8. The molecule has 10 nitrogen and oxygen atoms in total. The third-order valence-electron chi connectivity index (χ3n) is 6.82. The summed E-state index contributed by atoms with van der Waals surface area (Å²) in [5.41, 5.74) is 1.65. The second-order valence-electron chi connectivity index (χ2n) is 9.31. The molecule has 0 saturated heterocycles. The highest BCUT2D eigenvalue weighted by Gasteiger charge is 2.50. The van der Waals surface area contributed by atoms with Crippen molar-refractivity contribution in [2.75, 3.05) is 20.8 Å². The van der Waals surface area contributed by atoms with Gasteiger partial charge in [-0.2, -0.15) is 4.98 Å². The van der Waals surface area contributed by atoms with Crippen LogP contribution in [0.3, 0.4) is 0 Å². The summed E-state index contributed by atoms with van der Waals surface area (Å²) in [6.07, 6.45) is 2.02. The fraction of sp³-hybridized carbons (Fsp3) is 0.226. The Kier molecular flexibility index (Phi) is 8.11. The standard InChI is InChI=1S/C31H30N4O6/c1-35-20-33-24-19-32-30(34-28(24)35)41-27(29(36)37)31(22-10-6-4-7-11-22,23-12-8-5-9-13-23)40-17-16-21-14-15-25(38-2)26(18-21)39-3/h4-15,18-20,27H,16-17H2,1-3H3,(H,36,37). The van der Waals surface area contributed by atoms with E-state index in [0.29, 0.717) is 40.2 Å². The average molecular weight is 555 g/mol. The minimum Gasteiger partial charge on any atom is -0.493 e. The number of carboxylic acid groups (broad SMARTS) is 1. The molecule has 0 aliphatic rings. The van der Waals surface area contributed by atoms with Gasteiger partial charge in [0.05, 0.1) is 33.4 Å². The van der Waals surface area contributed by atoms with E-state index < -0.39 is 17.7 Å². The molecule has 1 unspecified atom stereocenters. The SMILES string of the molecule is COc1ccc(CCOC(c2ccccc2)(c2ccccc2)C(Oc2ncc3ncn(C)c3n2)C(=O)O)cc1OC. The Bertz CT molecular complexity index is 1580. The van der Waals surface area contributed by atoms with E-state index in [4.69, 9.17) is 18.9 Å². The topological polar surface area (TPSA) is 118 Å². The highest BCUT2D eigenvalue weighted by atomic mass is 16.6. The lowest BCUT2D eigenvalue weighted by molar-refractivity contribution is -0.164. The number of hydrogen-bond acceptors (Lipinski definition) is 8. The quantitative estimate of drug-likeness (QED) is 0.239. The summed E-state index contributed by atoms with van der Waals surface area (Å²) >= 11 is 0. The first-order valence-electron chi connectivity index (χ1n) is 13.0. The van der Waals surface area contributed by atoms with E-state index >= 15 is 0 Å². The van der Waals surface area contributed by atoms with Crippen molar-refractivity contribution >= 4 is 17.1 Å². The van der Waals surface area contributed by atoms with Crippen molar-refractivity contribution in [2.24, 2.45) is 7.05 Å². The van der Waals surface area contributed by atoms with Crippen LogP contribution < -0.4 is 14.2 Å². The molecule has 10 heteroatoms. The van der Waals surface area contributed by atoms with Gasteiger partial charge in [-0.25, -0.2) is 14.8 Å². The van der Waals surface area contributed by atoms with Gasteiger partial charge in [-0.3, -0.25) is 0 Å². The van der Waals surface area contributed by atoms with Crippen molar-refractivity contribution in [3.8, 4) is 17.5 Å². The van der Waals surface area contributed by atoms with Gasteiger partial charge < -0.3 is 28.6 Å². The Morgan fingerprint density at radius 3 is 2.20 bits per heavy atom. The van der Waals surface area contributed by atoms with Crippen LogP contribution >= 0.6 is 0 Å². The van der Waals surface area contributed by atoms with E-state index in [0.717, 1.165) is 5.56 Å². The maximum Gasteiger partial charge on any atom is 0.348 e. The van der Waals surface area contributed by atoms with E-state index in [-0.39, 0.29) is 12.6 Å². The van der Waals surface area contributed by atoms with Crippen LogP contribution in [0.1, 0.15) is 16.7 Å². The molecular formula is C31H30N4O6. The zero-order valence-electron chi connectivity index (χ0n) is 22.9. The molecule has 0 fully saturated rings. The van der Waals surface area contributed by atoms with Gasteiger partial charge in [-0.1, -0.05) is 66.7 Å². The van der Waals surface area contributed by atoms with Crippen LogP contribution in [-0.4, -0.2) is 57.5 Å². The van der Waals surface area contributed by atoms with Gasteiger partial charge in [0.15, 0.2) is 22.7 Å². The summed E-state index contributed by atoms with van der Waals surface area (Å²) in [6, 6.07) is 23.9. The monoisotopic (exact) mass is 554 g/mol. The van der Waals surface area contributed by atoms with Crippen LogP contribution in [-0.2, 0) is 28.6 Å². The van der Waals surface area contributed by atoms with Crippen LogP contribution in [0.4, 0.5) is 0 Å². The van der Waals surface area contributed by atoms with E-state index in [9.17, 15) is 9.90 Å². The van der Waals surface area contributed by atoms with Gasteiger partial charge in [0.25, 0.3) is 0 Å². The molecule has 0 aliphatic heterocycles. The molecule has 2 aromatic heterocycles. The number of nitrogens with zero attached hydrogens (tertiary/aromatic N) is 4. The van der Waals surface area contributed by atoms with Gasteiger partial charge in [-0.15, -0.1) is 0 Å². The summed E-state index contributed by atoms with van der Waals surface area (Å²) in [4.78, 5) is 26.0. The van der Waals surface area contributed by atoms with Gasteiger partial charge in [0.2, 0.25) is 6.10 Å². The molecule has 5 aromatic rings. The maximum atomic E-state index is 13.1. The first-order chi connectivity index (χ1) is 20.0. The van der Waals surface area contributed by atoms with Gasteiger partial charge >= 0.3 is 12.0 Å². The number of carboxylic acids is 1. The molecule has 0 spiro atoms. The number of hydrogen-bond donors (Lipinski definition) is 1. The number of carbonyl (C=O) groups is 1. The number of ether oxygens (including phenoxy) is 4. The zero-order valence-corrected chi connectivity index (χ0v) is 22.9. The first kappa shape index (κ1) is 27.6. The Labute approximate surface area is 237 Å². The van der Waals surface area contributed by atoms with Crippen LogP contribution in [0.2, 0.25) is 0 Å². The Balaban J connectivity index is 1.58. The number of rotatable bonds is 12. The minimum absolute atomic E-state index is 0.103. The third kappa shape index (κ3) is 5.55. The van der Waals surface area contributed by atoms with E-state index in [1.54, 1.807) is 32.2 Å². The molecule has 210 valence electrons.